The molecule has 1 aromatic heterocycles. The van der Waals surface area contributed by atoms with Crippen LogP contribution in [-0.2, 0) is 5.41 Å². The largest absolute Gasteiger partial charge is 0.298 e. The molecule has 0 aliphatic rings. The third-order valence-electron chi connectivity index (χ3n) is 2.47. The second-order valence-electron chi connectivity index (χ2n) is 4.64. The molecule has 0 spiro atoms. The number of hydrogen-bond acceptors (Lipinski definition) is 1. The van der Waals surface area contributed by atoms with Crippen LogP contribution in [0.2, 0.25) is 0 Å². The Bertz CT molecular complexity index is 463. The number of anilines is 1. The fraction of sp³-hybridized carbons (Fsp3) is 0.364. The van der Waals surface area contributed by atoms with E-state index in [-0.39, 0.29) is 5.41 Å². The fourth-order valence-electron chi connectivity index (χ4n) is 1.77. The van der Waals surface area contributed by atoms with Crippen molar-refractivity contribution in [3.05, 3.63) is 23.8 Å². The molecule has 1 heterocycles. The summed E-state index contributed by atoms with van der Waals surface area (Å²) in [5.74, 6) is 0.713. The summed E-state index contributed by atoms with van der Waals surface area (Å²) in [6.07, 6.45) is 0. The maximum Gasteiger partial charge on any atom is 0.298 e. The number of fused-ring (bicyclic) bond motifs is 1. The Morgan fingerprint density at radius 1 is 1.29 bits per heavy atom. The predicted molar refractivity (Wildman–Crippen MR) is 58.0 cm³/mol. The van der Waals surface area contributed by atoms with Gasteiger partial charge in [-0.25, -0.2) is 5.10 Å². The summed E-state index contributed by atoms with van der Waals surface area (Å²) < 4.78 is 0. The number of aromatic nitrogens is 2. The summed E-state index contributed by atoms with van der Waals surface area (Å²) in [5, 5.41) is 7.10. The van der Waals surface area contributed by atoms with E-state index >= 15 is 0 Å². The highest BCUT2D eigenvalue weighted by Gasteiger charge is 2.21. The van der Waals surface area contributed by atoms with Gasteiger partial charge >= 0.3 is 0 Å². The lowest BCUT2D eigenvalue weighted by atomic mass is 9.85. The SMILES string of the molecule is CC(C)(C)c1cccc2[nH][nH+]c(N)c12. The lowest BCUT2D eigenvalue weighted by Crippen LogP contribution is -2.13. The fourth-order valence-corrected chi connectivity index (χ4v) is 1.77. The van der Waals surface area contributed by atoms with Crippen molar-refractivity contribution in [2.75, 3.05) is 5.73 Å². The molecular weight excluding hydrogens is 174 g/mol. The molecule has 4 N–H and O–H groups in total. The summed E-state index contributed by atoms with van der Waals surface area (Å²) in [6.45, 7) is 6.57. The van der Waals surface area contributed by atoms with Crippen molar-refractivity contribution in [1.29, 1.82) is 0 Å². The summed E-state index contributed by atoms with van der Waals surface area (Å²) in [5.41, 5.74) is 8.33. The number of nitrogens with one attached hydrogen (secondary N) is 2. The Morgan fingerprint density at radius 2 is 2.00 bits per heavy atom. The van der Waals surface area contributed by atoms with Gasteiger partial charge in [-0.3, -0.25) is 5.73 Å². The van der Waals surface area contributed by atoms with E-state index in [0.717, 1.165) is 10.9 Å². The monoisotopic (exact) mass is 190 g/mol. The van der Waals surface area contributed by atoms with Crippen molar-refractivity contribution in [1.82, 2.24) is 5.10 Å². The first-order valence-electron chi connectivity index (χ1n) is 4.78. The highest BCUT2D eigenvalue weighted by molar-refractivity contribution is 5.90. The molecule has 3 nitrogen and oxygen atoms in total. The molecule has 2 rings (SSSR count). The van der Waals surface area contributed by atoms with Crippen molar-refractivity contribution in [3.63, 3.8) is 0 Å². The molecule has 0 fully saturated rings. The highest BCUT2D eigenvalue weighted by atomic mass is 15.1. The van der Waals surface area contributed by atoms with Crippen molar-refractivity contribution >= 4 is 16.7 Å². The first-order chi connectivity index (χ1) is 6.50. The van der Waals surface area contributed by atoms with E-state index in [0.29, 0.717) is 5.82 Å². The Kier molecular flexibility index (Phi) is 1.77. The number of nitrogens with two attached hydrogens (primary N) is 1. The lowest BCUT2D eigenvalue weighted by Gasteiger charge is -2.19. The van der Waals surface area contributed by atoms with Gasteiger partial charge in [-0.15, -0.1) is 0 Å². The molecule has 3 heteroatoms. The standard InChI is InChI=1S/C11H15N3/c1-11(2,3)7-5-4-6-8-9(7)10(12)14-13-8/h4-6H,1-3H3,(H3,12,13,14)/p+1. The van der Waals surface area contributed by atoms with E-state index in [2.05, 4.69) is 37.0 Å². The van der Waals surface area contributed by atoms with Gasteiger partial charge in [-0.2, -0.15) is 5.10 Å². The second-order valence-corrected chi connectivity index (χ2v) is 4.64. The van der Waals surface area contributed by atoms with E-state index in [4.69, 9.17) is 5.73 Å². The predicted octanol–water partition coefficient (Wildman–Crippen LogP) is 1.86. The molecule has 0 bridgehead atoms. The molecule has 0 aliphatic carbocycles. The van der Waals surface area contributed by atoms with Gasteiger partial charge < -0.3 is 0 Å². The van der Waals surface area contributed by atoms with Crippen LogP contribution in [0.1, 0.15) is 26.3 Å². The van der Waals surface area contributed by atoms with Gasteiger partial charge in [0.05, 0.1) is 10.9 Å². The summed E-state index contributed by atoms with van der Waals surface area (Å²) in [4.78, 5) is 0. The first kappa shape index (κ1) is 9.06. The average molecular weight is 190 g/mol. The zero-order valence-corrected chi connectivity index (χ0v) is 8.81. The molecule has 0 saturated heterocycles. The number of rotatable bonds is 0. The molecule has 0 saturated carbocycles. The Balaban J connectivity index is 2.82. The second kappa shape index (κ2) is 2.74. The van der Waals surface area contributed by atoms with Crippen LogP contribution >= 0.6 is 0 Å². The van der Waals surface area contributed by atoms with Gasteiger partial charge in [-0.1, -0.05) is 32.9 Å². The Hall–Kier alpha value is -1.51. The van der Waals surface area contributed by atoms with Gasteiger partial charge in [-0.05, 0) is 17.0 Å². The van der Waals surface area contributed by atoms with Crippen LogP contribution in [0.4, 0.5) is 5.82 Å². The highest BCUT2D eigenvalue weighted by Crippen LogP contribution is 2.30. The van der Waals surface area contributed by atoms with Gasteiger partial charge in [0, 0.05) is 0 Å². The quantitative estimate of drug-likeness (QED) is 0.654. The molecule has 0 unspecified atom stereocenters. The zero-order valence-electron chi connectivity index (χ0n) is 8.81. The molecule has 74 valence electrons. The van der Waals surface area contributed by atoms with E-state index < -0.39 is 0 Å². The minimum Gasteiger partial charge on any atom is -0.285 e. The Morgan fingerprint density at radius 3 is 2.64 bits per heavy atom. The van der Waals surface area contributed by atoms with Crippen molar-refractivity contribution < 1.29 is 5.10 Å². The Labute approximate surface area is 83.3 Å². The van der Waals surface area contributed by atoms with E-state index in [1.54, 1.807) is 0 Å². The minimum atomic E-state index is 0.115. The summed E-state index contributed by atoms with van der Waals surface area (Å²) >= 11 is 0. The van der Waals surface area contributed by atoms with Crippen LogP contribution in [0.5, 0.6) is 0 Å². The molecule has 14 heavy (non-hydrogen) atoms. The van der Waals surface area contributed by atoms with Crippen LogP contribution in [-0.4, -0.2) is 5.10 Å². The maximum absolute atomic E-state index is 5.89. The lowest BCUT2D eigenvalue weighted by molar-refractivity contribution is -0.430. The smallest absolute Gasteiger partial charge is 0.285 e. The maximum atomic E-state index is 5.89. The number of aromatic amines is 2. The van der Waals surface area contributed by atoms with Gasteiger partial charge in [0.2, 0.25) is 0 Å². The van der Waals surface area contributed by atoms with Gasteiger partial charge in [0.15, 0.2) is 0 Å². The molecule has 0 amide bonds. The van der Waals surface area contributed by atoms with Crippen molar-refractivity contribution in [2.45, 2.75) is 26.2 Å². The molecule has 0 atom stereocenters. The van der Waals surface area contributed by atoms with Crippen molar-refractivity contribution in [3.8, 4) is 0 Å². The molecule has 0 aliphatic heterocycles. The van der Waals surface area contributed by atoms with Crippen LogP contribution in [0.15, 0.2) is 18.2 Å². The number of nitrogen functional groups attached to an aromatic ring is 1. The number of benzene rings is 1. The average Bonchev–Trinajstić information content (AvgIpc) is 2.46. The molecule has 0 radical (unpaired) electrons. The van der Waals surface area contributed by atoms with E-state index in [9.17, 15) is 0 Å². The third kappa shape index (κ3) is 1.25. The van der Waals surface area contributed by atoms with Gasteiger partial charge in [0.25, 0.3) is 5.82 Å². The minimum absolute atomic E-state index is 0.115. The van der Waals surface area contributed by atoms with Crippen LogP contribution in [0.25, 0.3) is 10.9 Å². The van der Waals surface area contributed by atoms with E-state index in [1.807, 2.05) is 12.1 Å². The van der Waals surface area contributed by atoms with Crippen LogP contribution < -0.4 is 10.8 Å². The molecular formula is C11H16N3+. The topological polar surface area (TPSA) is 56.0 Å². The van der Waals surface area contributed by atoms with Crippen LogP contribution in [0.3, 0.4) is 0 Å². The van der Waals surface area contributed by atoms with E-state index in [1.165, 1.54) is 5.56 Å². The van der Waals surface area contributed by atoms with Crippen molar-refractivity contribution in [2.24, 2.45) is 0 Å². The third-order valence-corrected chi connectivity index (χ3v) is 2.47. The molecule has 1 aromatic carbocycles. The van der Waals surface area contributed by atoms with Crippen LogP contribution in [0, 0.1) is 0 Å². The number of hydrogen-bond donors (Lipinski definition) is 2. The van der Waals surface area contributed by atoms with Gasteiger partial charge in [0.1, 0.15) is 0 Å². The first-order valence-corrected chi connectivity index (χ1v) is 4.78. The molecule has 2 aromatic rings. The summed E-state index contributed by atoms with van der Waals surface area (Å²) in [6, 6.07) is 6.20. The normalized spacial score (nSPS) is 12.2. The zero-order chi connectivity index (χ0) is 10.3. The summed E-state index contributed by atoms with van der Waals surface area (Å²) in [7, 11) is 0. The number of H-pyrrole nitrogens is 2.